The van der Waals surface area contributed by atoms with Gasteiger partial charge in [0.05, 0.1) is 25.2 Å². The molecule has 0 spiro atoms. The van der Waals surface area contributed by atoms with Crippen molar-refractivity contribution in [2.75, 3.05) is 52.5 Å². The second kappa shape index (κ2) is 15.8. The van der Waals surface area contributed by atoms with Crippen molar-refractivity contribution < 1.29 is 19.1 Å². The van der Waals surface area contributed by atoms with Gasteiger partial charge in [-0.15, -0.1) is 0 Å². The lowest BCUT2D eigenvalue weighted by atomic mass is 9.96. The van der Waals surface area contributed by atoms with Gasteiger partial charge in [-0.3, -0.25) is 19.4 Å². The highest BCUT2D eigenvalue weighted by Crippen LogP contribution is 2.30. The molecule has 228 valence electrons. The van der Waals surface area contributed by atoms with Crippen molar-refractivity contribution in [1.82, 2.24) is 9.80 Å². The molecule has 1 aliphatic heterocycles. The first kappa shape index (κ1) is 31.6. The highest BCUT2D eigenvalue weighted by Gasteiger charge is 2.26. The number of rotatable bonds is 13. The highest BCUT2D eigenvalue weighted by molar-refractivity contribution is 6.30. The zero-order valence-corrected chi connectivity index (χ0v) is 25.9. The number of benzene rings is 4. The van der Waals surface area contributed by atoms with Gasteiger partial charge >= 0.3 is 5.97 Å². The number of ether oxygens (including phenoxy) is 2. The van der Waals surface area contributed by atoms with E-state index in [4.69, 9.17) is 21.1 Å². The van der Waals surface area contributed by atoms with Crippen LogP contribution in [-0.4, -0.2) is 74.1 Å². The number of hydrogen-bond acceptors (Lipinski definition) is 6. The third-order valence-electron chi connectivity index (χ3n) is 8.14. The minimum absolute atomic E-state index is 0.0691. The van der Waals surface area contributed by atoms with Crippen LogP contribution < -0.4 is 0 Å². The molecule has 44 heavy (non-hydrogen) atoms. The first-order chi connectivity index (χ1) is 21.5. The summed E-state index contributed by atoms with van der Waals surface area (Å²) in [4.78, 5) is 30.5. The van der Waals surface area contributed by atoms with Crippen molar-refractivity contribution in [1.29, 1.82) is 0 Å². The molecule has 7 heteroatoms. The second-order valence-corrected chi connectivity index (χ2v) is 11.5. The van der Waals surface area contributed by atoms with Crippen LogP contribution in [0.5, 0.6) is 0 Å². The second-order valence-electron chi connectivity index (χ2n) is 11.1. The maximum Gasteiger partial charge on any atom is 0.313 e. The number of piperazine rings is 1. The molecule has 0 amide bonds. The first-order valence-electron chi connectivity index (χ1n) is 15.2. The molecule has 1 fully saturated rings. The average Bonchev–Trinajstić information content (AvgIpc) is 3.08. The molecule has 1 aliphatic rings. The first-order valence-corrected chi connectivity index (χ1v) is 15.6. The van der Waals surface area contributed by atoms with E-state index in [1.807, 2.05) is 36.4 Å². The number of carbonyl (C=O) groups excluding carboxylic acids is 2. The van der Waals surface area contributed by atoms with E-state index in [-0.39, 0.29) is 24.4 Å². The summed E-state index contributed by atoms with van der Waals surface area (Å²) >= 11 is 6.17. The Kier molecular flexibility index (Phi) is 11.3. The monoisotopic (exact) mass is 610 g/mol. The summed E-state index contributed by atoms with van der Waals surface area (Å²) in [6.07, 6.45) is 0. The van der Waals surface area contributed by atoms with E-state index in [0.29, 0.717) is 24.3 Å². The molecule has 0 radical (unpaired) electrons. The Morgan fingerprint density at radius 2 is 1.32 bits per heavy atom. The van der Waals surface area contributed by atoms with Crippen molar-refractivity contribution in [2.45, 2.75) is 18.9 Å². The average molecular weight is 611 g/mol. The normalized spacial score (nSPS) is 15.4. The summed E-state index contributed by atoms with van der Waals surface area (Å²) in [5.41, 5.74) is 4.45. The van der Waals surface area contributed by atoms with Gasteiger partial charge in [0, 0.05) is 48.9 Å². The number of carbonyl (C=O) groups is 2. The van der Waals surface area contributed by atoms with Crippen LogP contribution in [0.15, 0.2) is 109 Å². The molecule has 0 bridgehead atoms. The molecule has 5 rings (SSSR count). The molecule has 6 nitrogen and oxygen atoms in total. The summed E-state index contributed by atoms with van der Waals surface area (Å²) in [5.74, 6) is -0.884. The quantitative estimate of drug-likeness (QED) is 0.0961. The highest BCUT2D eigenvalue weighted by atomic mass is 35.5. The predicted octanol–water partition coefficient (Wildman–Crippen LogP) is 6.64. The number of hydrogen-bond donors (Lipinski definition) is 0. The molecule has 0 unspecified atom stereocenters. The van der Waals surface area contributed by atoms with Crippen LogP contribution in [0.3, 0.4) is 0 Å². The van der Waals surface area contributed by atoms with Gasteiger partial charge in [-0.1, -0.05) is 103 Å². The SMILES string of the molecule is C[C@@H](C(=O)OCCOCCN1CCN([C@@H](c2ccccc2)c2ccc(Cl)cc2)CC1)c1cccc(C(=O)c2ccccc2)c1. The van der Waals surface area contributed by atoms with E-state index in [2.05, 4.69) is 52.3 Å². The molecule has 0 saturated carbocycles. The molecule has 2 atom stereocenters. The third-order valence-corrected chi connectivity index (χ3v) is 8.39. The van der Waals surface area contributed by atoms with Gasteiger partial charge in [0.2, 0.25) is 0 Å². The van der Waals surface area contributed by atoms with Gasteiger partial charge in [0.15, 0.2) is 5.78 Å². The number of nitrogens with zero attached hydrogens (tertiary/aromatic N) is 2. The number of ketones is 1. The Labute approximate surface area is 265 Å². The van der Waals surface area contributed by atoms with Gasteiger partial charge in [-0.25, -0.2) is 0 Å². The van der Waals surface area contributed by atoms with E-state index in [9.17, 15) is 9.59 Å². The van der Waals surface area contributed by atoms with Crippen molar-refractivity contribution >= 4 is 23.4 Å². The van der Waals surface area contributed by atoms with Crippen LogP contribution in [0.25, 0.3) is 0 Å². The van der Waals surface area contributed by atoms with Crippen molar-refractivity contribution in [3.05, 3.63) is 142 Å². The third kappa shape index (κ3) is 8.42. The van der Waals surface area contributed by atoms with Crippen LogP contribution in [0, 0.1) is 0 Å². The predicted molar refractivity (Wildman–Crippen MR) is 174 cm³/mol. The Balaban J connectivity index is 1.02. The lowest BCUT2D eigenvalue weighted by molar-refractivity contribution is -0.146. The summed E-state index contributed by atoms with van der Waals surface area (Å²) in [6.45, 7) is 7.57. The molecule has 0 N–H and O–H groups in total. The minimum Gasteiger partial charge on any atom is -0.463 e. The molecule has 4 aromatic rings. The van der Waals surface area contributed by atoms with Gasteiger partial charge in [-0.05, 0) is 41.8 Å². The Bertz CT molecular complexity index is 1490. The maximum absolute atomic E-state index is 12.8. The zero-order chi connectivity index (χ0) is 30.7. The van der Waals surface area contributed by atoms with E-state index < -0.39 is 5.92 Å². The van der Waals surface area contributed by atoms with Crippen molar-refractivity contribution in [2.24, 2.45) is 0 Å². The standard InChI is InChI=1S/C37H39ClN2O4/c1-28(32-13-8-14-33(27-32)36(41)31-11-6-3-7-12-31)37(42)44-26-25-43-24-23-39-19-21-40(22-20-39)35(29-9-4-2-5-10-29)30-15-17-34(38)18-16-30/h2-18,27-28,35H,19-26H2,1H3/t28-,35+/m1/s1. The summed E-state index contributed by atoms with van der Waals surface area (Å²) in [7, 11) is 0. The topological polar surface area (TPSA) is 59.1 Å². The van der Waals surface area contributed by atoms with E-state index >= 15 is 0 Å². The lowest BCUT2D eigenvalue weighted by Crippen LogP contribution is -2.48. The fourth-order valence-corrected chi connectivity index (χ4v) is 5.73. The number of halogens is 1. The summed E-state index contributed by atoms with van der Waals surface area (Å²) in [6, 6.07) is 35.3. The molecule has 1 heterocycles. The van der Waals surface area contributed by atoms with Gasteiger partial charge in [0.1, 0.15) is 6.61 Å². The minimum atomic E-state index is -0.484. The fraction of sp³-hybridized carbons (Fsp3) is 0.297. The summed E-state index contributed by atoms with van der Waals surface area (Å²) < 4.78 is 11.3. The van der Waals surface area contributed by atoms with Crippen LogP contribution >= 0.6 is 11.6 Å². The van der Waals surface area contributed by atoms with Gasteiger partial charge in [-0.2, -0.15) is 0 Å². The number of esters is 1. The van der Waals surface area contributed by atoms with E-state index in [1.165, 1.54) is 11.1 Å². The van der Waals surface area contributed by atoms with Gasteiger partial charge in [0.25, 0.3) is 0 Å². The van der Waals surface area contributed by atoms with Crippen LogP contribution in [0.1, 0.15) is 51.5 Å². The van der Waals surface area contributed by atoms with Crippen LogP contribution in [0.4, 0.5) is 0 Å². The molecular weight excluding hydrogens is 572 g/mol. The smallest absolute Gasteiger partial charge is 0.313 e. The molecular formula is C37H39ClN2O4. The molecule has 1 saturated heterocycles. The Morgan fingerprint density at radius 3 is 2.02 bits per heavy atom. The molecule has 0 aromatic heterocycles. The van der Waals surface area contributed by atoms with Gasteiger partial charge < -0.3 is 9.47 Å². The Hall–Kier alpha value is -3.81. The maximum atomic E-state index is 12.8. The van der Waals surface area contributed by atoms with E-state index in [1.54, 1.807) is 37.3 Å². The fourth-order valence-electron chi connectivity index (χ4n) is 5.60. The summed E-state index contributed by atoms with van der Waals surface area (Å²) in [5, 5.41) is 0.747. The molecule has 4 aromatic carbocycles. The van der Waals surface area contributed by atoms with Crippen LogP contribution in [0.2, 0.25) is 5.02 Å². The Morgan fingerprint density at radius 1 is 0.705 bits per heavy atom. The lowest BCUT2D eigenvalue weighted by Gasteiger charge is -2.39. The van der Waals surface area contributed by atoms with Crippen molar-refractivity contribution in [3.63, 3.8) is 0 Å². The van der Waals surface area contributed by atoms with E-state index in [0.717, 1.165) is 43.3 Å². The largest absolute Gasteiger partial charge is 0.463 e. The zero-order valence-electron chi connectivity index (χ0n) is 25.1. The van der Waals surface area contributed by atoms with Crippen molar-refractivity contribution in [3.8, 4) is 0 Å². The van der Waals surface area contributed by atoms with Crippen LogP contribution in [-0.2, 0) is 14.3 Å². The molecule has 0 aliphatic carbocycles.